The minimum Gasteiger partial charge on any atom is -0.493 e. The summed E-state index contributed by atoms with van der Waals surface area (Å²) in [5.41, 5.74) is 2.09. The summed E-state index contributed by atoms with van der Waals surface area (Å²) in [6.07, 6.45) is 17.8. The summed E-state index contributed by atoms with van der Waals surface area (Å²) in [6.45, 7) is 4.61. The first-order valence-electron chi connectivity index (χ1n) is 26.6. The SMILES string of the molecule is COC(=O)[C@@H]1[C@@H](C)[C@H](O)CN1C(=O)c1cc(C2CC2)c(OCC23CC4CC(CC(C4)C2)C3)cc1F.COC(=O)[C@@H]1[C@H](C)[C@H](O)CN1C(=O)c1cc(C2CC2)c(OCC23CC4CC(CC(C4)C2)C3)cc1F. The highest BCUT2D eigenvalue weighted by atomic mass is 19.1. The molecule has 2 aromatic rings. The predicted octanol–water partition coefficient (Wildman–Crippen LogP) is 8.59. The maximum atomic E-state index is 15.4. The molecule has 12 nitrogen and oxygen atoms in total. The topological polar surface area (TPSA) is 152 Å². The number of aliphatic hydroxyl groups excluding tert-OH is 2. The number of carbonyl (C=O) groups is 4. The smallest absolute Gasteiger partial charge is 0.328 e. The van der Waals surface area contributed by atoms with Crippen LogP contribution in [0.3, 0.4) is 0 Å². The van der Waals surface area contributed by atoms with Gasteiger partial charge in [-0.3, -0.25) is 9.59 Å². The summed E-state index contributed by atoms with van der Waals surface area (Å²) in [7, 11) is 2.51. The summed E-state index contributed by atoms with van der Waals surface area (Å²) in [5.74, 6) is 2.00. The number of ether oxygens (including phenoxy) is 4. The van der Waals surface area contributed by atoms with Crippen molar-refractivity contribution in [2.75, 3.05) is 40.5 Å². The highest BCUT2D eigenvalue weighted by molar-refractivity contribution is 5.99. The van der Waals surface area contributed by atoms with Crippen LogP contribution in [-0.2, 0) is 19.1 Å². The van der Waals surface area contributed by atoms with Crippen molar-refractivity contribution < 1.29 is 57.1 Å². The van der Waals surface area contributed by atoms with Gasteiger partial charge < -0.3 is 39.0 Å². The first kappa shape index (κ1) is 48.0. The number of halogens is 2. The Kier molecular flexibility index (Phi) is 12.6. The van der Waals surface area contributed by atoms with Gasteiger partial charge in [-0.1, -0.05) is 13.8 Å². The minimum atomic E-state index is -0.932. The van der Waals surface area contributed by atoms with Crippen LogP contribution in [-0.4, -0.2) is 109 Å². The number of nitrogens with zero attached hydrogens (tertiary/aromatic N) is 2. The van der Waals surface area contributed by atoms with Crippen molar-refractivity contribution in [3.05, 3.63) is 58.2 Å². The molecule has 14 heteroatoms. The van der Waals surface area contributed by atoms with Crippen LogP contribution >= 0.6 is 0 Å². The lowest BCUT2D eigenvalue weighted by molar-refractivity contribution is -0.147. The van der Waals surface area contributed by atoms with E-state index in [1.807, 2.05) is 0 Å². The highest BCUT2D eigenvalue weighted by Gasteiger charge is 2.54. The fraction of sp³-hybridized carbons (Fsp3) is 0.714. The number of amides is 2. The molecule has 6 atom stereocenters. The second-order valence-corrected chi connectivity index (χ2v) is 24.4. The van der Waals surface area contributed by atoms with Crippen molar-refractivity contribution in [3.63, 3.8) is 0 Å². The van der Waals surface area contributed by atoms with Crippen LogP contribution in [0.2, 0.25) is 0 Å². The molecule has 10 aliphatic carbocycles. The van der Waals surface area contributed by atoms with Gasteiger partial charge in [-0.05, 0) is 173 Å². The average Bonchev–Trinajstić information content (AvgIpc) is 4.27. The molecule has 0 radical (unpaired) electrons. The molecule has 2 heterocycles. The van der Waals surface area contributed by atoms with Crippen molar-refractivity contribution in [1.82, 2.24) is 9.80 Å². The zero-order valence-electron chi connectivity index (χ0n) is 41.3. The van der Waals surface area contributed by atoms with Crippen LogP contribution in [0.5, 0.6) is 11.5 Å². The molecule has 0 spiro atoms. The van der Waals surface area contributed by atoms with E-state index in [0.717, 1.165) is 72.3 Å². The number of methoxy groups -OCH3 is 2. The molecule has 70 heavy (non-hydrogen) atoms. The van der Waals surface area contributed by atoms with Gasteiger partial charge in [0.25, 0.3) is 11.8 Å². The zero-order chi connectivity index (χ0) is 49.0. The third kappa shape index (κ3) is 8.90. The molecule has 0 unspecified atom stereocenters. The normalized spacial score (nSPS) is 37.5. The number of hydrogen-bond acceptors (Lipinski definition) is 10. The number of esters is 2. The van der Waals surface area contributed by atoms with E-state index in [-0.39, 0.29) is 46.9 Å². The molecule has 2 amide bonds. The van der Waals surface area contributed by atoms with Gasteiger partial charge in [0, 0.05) is 47.9 Å². The second kappa shape index (κ2) is 18.3. The van der Waals surface area contributed by atoms with E-state index in [0.29, 0.717) is 24.7 Å². The van der Waals surface area contributed by atoms with E-state index in [4.69, 9.17) is 18.9 Å². The summed E-state index contributed by atoms with van der Waals surface area (Å²) in [4.78, 5) is 54.0. The lowest BCUT2D eigenvalue weighted by Crippen LogP contribution is -2.48. The Bertz CT molecular complexity index is 2170. The number of benzene rings is 2. The zero-order valence-corrected chi connectivity index (χ0v) is 41.3. The molecule has 380 valence electrons. The van der Waals surface area contributed by atoms with Crippen LogP contribution in [0.1, 0.15) is 160 Å². The van der Waals surface area contributed by atoms with E-state index in [9.17, 15) is 29.4 Å². The first-order valence-corrected chi connectivity index (χ1v) is 26.6. The third-order valence-electron chi connectivity index (χ3n) is 19.1. The Morgan fingerprint density at radius 1 is 0.557 bits per heavy atom. The summed E-state index contributed by atoms with van der Waals surface area (Å²) in [5, 5.41) is 20.6. The molecule has 12 fully saturated rings. The average molecular weight is 971 g/mol. The van der Waals surface area contributed by atoms with Crippen LogP contribution < -0.4 is 9.47 Å². The van der Waals surface area contributed by atoms with Crippen molar-refractivity contribution in [2.24, 2.45) is 58.2 Å². The Morgan fingerprint density at radius 2 is 0.871 bits per heavy atom. The molecular weight excluding hydrogens is 899 g/mol. The quantitative estimate of drug-likeness (QED) is 0.198. The summed E-state index contributed by atoms with van der Waals surface area (Å²) < 4.78 is 53.3. The number of hydrogen-bond donors (Lipinski definition) is 2. The van der Waals surface area contributed by atoms with Gasteiger partial charge in [0.05, 0.1) is 50.8 Å². The number of rotatable bonds is 12. The van der Waals surface area contributed by atoms with Crippen LogP contribution in [0.4, 0.5) is 8.78 Å². The van der Waals surface area contributed by atoms with E-state index < -0.39 is 71.5 Å². The molecule has 14 rings (SSSR count). The van der Waals surface area contributed by atoms with Gasteiger partial charge in [-0.15, -0.1) is 0 Å². The van der Waals surface area contributed by atoms with E-state index in [1.54, 1.807) is 26.0 Å². The van der Waals surface area contributed by atoms with Gasteiger partial charge in [0.15, 0.2) is 0 Å². The first-order chi connectivity index (χ1) is 33.5. The summed E-state index contributed by atoms with van der Waals surface area (Å²) >= 11 is 0. The molecule has 10 saturated carbocycles. The fourth-order valence-electron chi connectivity index (χ4n) is 16.1. The van der Waals surface area contributed by atoms with Gasteiger partial charge >= 0.3 is 11.9 Å². The molecular formula is C56H72F2N2O10. The maximum Gasteiger partial charge on any atom is 0.328 e. The lowest BCUT2D eigenvalue weighted by Gasteiger charge is -2.56. The molecule has 2 aromatic carbocycles. The minimum absolute atomic E-state index is 0.0256. The Balaban J connectivity index is 0.000000152. The molecule has 8 bridgehead atoms. The third-order valence-corrected chi connectivity index (χ3v) is 19.1. The van der Waals surface area contributed by atoms with Gasteiger partial charge in [-0.25, -0.2) is 18.4 Å². The number of aliphatic hydroxyl groups is 2. The number of likely N-dealkylation sites (tertiary alicyclic amines) is 2. The van der Waals surface area contributed by atoms with Gasteiger partial charge in [-0.2, -0.15) is 0 Å². The lowest BCUT2D eigenvalue weighted by atomic mass is 9.50. The number of β-amino-alcohol motifs (C(OH)–C–C–N with tert-alkyl or cyclic N) is 2. The monoisotopic (exact) mass is 971 g/mol. The van der Waals surface area contributed by atoms with Crippen molar-refractivity contribution in [2.45, 2.75) is 153 Å². The van der Waals surface area contributed by atoms with Crippen LogP contribution in [0.25, 0.3) is 0 Å². The van der Waals surface area contributed by atoms with E-state index in [1.165, 1.54) is 113 Å². The Labute approximate surface area is 410 Å². The fourth-order valence-corrected chi connectivity index (χ4v) is 16.1. The van der Waals surface area contributed by atoms with Gasteiger partial charge in [0.2, 0.25) is 0 Å². The van der Waals surface area contributed by atoms with E-state index in [2.05, 4.69) is 0 Å². The maximum absolute atomic E-state index is 15.4. The largest absolute Gasteiger partial charge is 0.493 e. The van der Waals surface area contributed by atoms with Gasteiger partial charge in [0.1, 0.15) is 35.2 Å². The molecule has 2 N–H and O–H groups in total. The Hall–Kier alpha value is -4.30. The molecule has 12 aliphatic rings. The van der Waals surface area contributed by atoms with E-state index >= 15 is 8.78 Å². The van der Waals surface area contributed by atoms with Crippen LogP contribution in [0.15, 0.2) is 24.3 Å². The van der Waals surface area contributed by atoms with Crippen molar-refractivity contribution >= 4 is 23.8 Å². The molecule has 2 aliphatic heterocycles. The standard InChI is InChI=1S/2C28H36FNO5/c2*1-15-23(31)13-30(25(15)27(33)34-2)26(32)21-8-20(19-3-4-19)24(9-22(21)29)35-14-28-10-16-5-17(11-28)7-18(6-16)12-28/h2*8-9,15-19,23,25,31H,3-7,10-14H2,1-2H3/t15-,16?,17?,18?,23+,25-,28?;15-,16?,17?,18?,23-,25+,28?/m01/s1. The Morgan fingerprint density at radius 3 is 1.16 bits per heavy atom. The predicted molar refractivity (Wildman–Crippen MR) is 253 cm³/mol. The van der Waals surface area contributed by atoms with Crippen LogP contribution in [0, 0.1) is 69.8 Å². The second-order valence-electron chi connectivity index (χ2n) is 24.4. The van der Waals surface area contributed by atoms with Crippen molar-refractivity contribution in [1.29, 1.82) is 0 Å². The summed E-state index contributed by atoms with van der Waals surface area (Å²) in [6, 6.07) is 4.16. The highest BCUT2D eigenvalue weighted by Crippen LogP contribution is 2.62. The van der Waals surface area contributed by atoms with Crippen molar-refractivity contribution in [3.8, 4) is 11.5 Å². The molecule has 2 saturated heterocycles. The number of carbonyl (C=O) groups excluding carboxylic acids is 4. The molecule has 0 aromatic heterocycles.